The van der Waals surface area contributed by atoms with Crippen molar-refractivity contribution in [3.05, 3.63) is 30.0 Å². The van der Waals surface area contributed by atoms with E-state index in [1.54, 1.807) is 0 Å². The van der Waals surface area contributed by atoms with Gasteiger partial charge in [0, 0.05) is 44.8 Å². The molecule has 0 amide bonds. The fourth-order valence-electron chi connectivity index (χ4n) is 6.31. The highest BCUT2D eigenvalue weighted by molar-refractivity contribution is 5.69. The minimum atomic E-state index is -0.291. The van der Waals surface area contributed by atoms with Crippen LogP contribution in [0.3, 0.4) is 0 Å². The normalized spacial score (nSPS) is 28.7. The van der Waals surface area contributed by atoms with E-state index in [0.29, 0.717) is 32.3 Å². The third-order valence-electron chi connectivity index (χ3n) is 8.88. The lowest BCUT2D eigenvalue weighted by Crippen LogP contribution is -2.37. The third-order valence-corrected chi connectivity index (χ3v) is 8.88. The van der Waals surface area contributed by atoms with Crippen molar-refractivity contribution < 1.29 is 38.0 Å². The molecule has 7 atom stereocenters. The Morgan fingerprint density at radius 2 is 1.74 bits per heavy atom. The highest BCUT2D eigenvalue weighted by Gasteiger charge is 2.45. The van der Waals surface area contributed by atoms with Crippen molar-refractivity contribution in [2.75, 3.05) is 20.3 Å². The van der Waals surface area contributed by atoms with Crippen LogP contribution >= 0.6 is 0 Å². The standard InChI is InChI=1S/C35H56O8/c1-6-7-22-35(3,4)31(43-34-19-13-15-24-40-34)21-20-28-27(16-10-8-9-11-17-32(37)38-5)29(41-26(2)36)25-30(28)42-33-18-12-14-23-39-33/h9-10,20-21,27-31,33-34H,6-7,11-19,22-25H2,1-5H3/b21-20+/t8?,27-,28-,29+,30-,31-,33?,34?/m1/s1. The van der Waals surface area contributed by atoms with Gasteiger partial charge in [-0.1, -0.05) is 45.8 Å². The molecular weight excluding hydrogens is 548 g/mol. The third kappa shape index (κ3) is 12.2. The van der Waals surface area contributed by atoms with Gasteiger partial charge in [0.05, 0.1) is 19.3 Å². The van der Waals surface area contributed by atoms with Crippen LogP contribution < -0.4 is 0 Å². The molecule has 43 heavy (non-hydrogen) atoms. The molecule has 3 rings (SSSR count). The lowest BCUT2D eigenvalue weighted by atomic mass is 9.80. The van der Waals surface area contributed by atoms with Gasteiger partial charge in [-0.25, -0.2) is 0 Å². The second-order valence-electron chi connectivity index (χ2n) is 12.9. The maximum Gasteiger partial charge on any atom is 0.305 e. The van der Waals surface area contributed by atoms with Crippen molar-refractivity contribution in [2.24, 2.45) is 17.3 Å². The largest absolute Gasteiger partial charge is 0.469 e. The molecule has 8 nitrogen and oxygen atoms in total. The van der Waals surface area contributed by atoms with Crippen LogP contribution in [0.5, 0.6) is 0 Å². The average molecular weight is 605 g/mol. The molecule has 2 aliphatic heterocycles. The Labute approximate surface area is 259 Å². The lowest BCUT2D eigenvalue weighted by molar-refractivity contribution is -0.198. The van der Waals surface area contributed by atoms with Crippen LogP contribution in [0.1, 0.15) is 111 Å². The molecule has 1 saturated carbocycles. The quantitative estimate of drug-likeness (QED) is 0.104. The molecular formula is C35H56O8. The summed E-state index contributed by atoms with van der Waals surface area (Å²) in [6.45, 7) is 9.68. The van der Waals surface area contributed by atoms with Crippen LogP contribution in [0.25, 0.3) is 0 Å². The molecule has 0 bridgehead atoms. The van der Waals surface area contributed by atoms with Gasteiger partial charge >= 0.3 is 11.9 Å². The molecule has 2 saturated heterocycles. The predicted octanol–water partition coefficient (Wildman–Crippen LogP) is 7.21. The SMILES string of the molecule is CCCCC(C)(C)[C@@H](/C=C/[C@@H]1[C@@H](CC=C=CCCC(=O)OC)[C@@H](OC(C)=O)C[C@H]1OC1CCCCO1)OC1CCCCO1. The Kier molecular flexibility index (Phi) is 15.5. The zero-order valence-electron chi connectivity index (χ0n) is 27.2. The fraction of sp³-hybridized carbons (Fsp3) is 0.800. The van der Waals surface area contributed by atoms with E-state index in [-0.39, 0.29) is 60.1 Å². The van der Waals surface area contributed by atoms with Gasteiger partial charge in [-0.3, -0.25) is 9.59 Å². The molecule has 0 radical (unpaired) electrons. The molecule has 3 fully saturated rings. The van der Waals surface area contributed by atoms with Crippen molar-refractivity contribution >= 4 is 11.9 Å². The summed E-state index contributed by atoms with van der Waals surface area (Å²) in [5.41, 5.74) is 3.14. The summed E-state index contributed by atoms with van der Waals surface area (Å²) in [4.78, 5) is 23.6. The minimum absolute atomic E-state index is 0.000539. The Hall–Kier alpha value is -1.96. The summed E-state index contributed by atoms with van der Waals surface area (Å²) in [5, 5.41) is 0. The zero-order valence-corrected chi connectivity index (χ0v) is 27.2. The maximum absolute atomic E-state index is 12.2. The van der Waals surface area contributed by atoms with Crippen LogP contribution in [0, 0.1) is 17.3 Å². The highest BCUT2D eigenvalue weighted by Crippen LogP contribution is 2.42. The first-order valence-corrected chi connectivity index (χ1v) is 16.6. The predicted molar refractivity (Wildman–Crippen MR) is 165 cm³/mol. The smallest absolute Gasteiger partial charge is 0.305 e. The molecule has 0 aromatic rings. The number of hydrogen-bond acceptors (Lipinski definition) is 8. The van der Waals surface area contributed by atoms with E-state index in [2.05, 4.69) is 38.7 Å². The average Bonchev–Trinajstić information content (AvgIpc) is 3.30. The summed E-state index contributed by atoms with van der Waals surface area (Å²) in [6, 6.07) is 0. The molecule has 244 valence electrons. The Balaban J connectivity index is 1.87. The van der Waals surface area contributed by atoms with Gasteiger partial charge in [-0.05, 0) is 75.4 Å². The summed E-state index contributed by atoms with van der Waals surface area (Å²) >= 11 is 0. The van der Waals surface area contributed by atoms with Gasteiger partial charge in [0.15, 0.2) is 12.6 Å². The van der Waals surface area contributed by atoms with E-state index < -0.39 is 0 Å². The zero-order chi connectivity index (χ0) is 31.1. The molecule has 0 spiro atoms. The maximum atomic E-state index is 12.2. The van der Waals surface area contributed by atoms with Crippen LogP contribution in [-0.2, 0) is 38.0 Å². The summed E-state index contributed by atoms with van der Waals surface area (Å²) in [6.07, 6.45) is 18.8. The van der Waals surface area contributed by atoms with E-state index in [1.807, 2.05) is 12.2 Å². The summed E-state index contributed by atoms with van der Waals surface area (Å²) in [5.74, 6) is -0.540. The first kappa shape index (κ1) is 35.5. The van der Waals surface area contributed by atoms with Gasteiger partial charge in [-0.2, -0.15) is 0 Å². The van der Waals surface area contributed by atoms with Crippen molar-refractivity contribution in [2.45, 2.75) is 142 Å². The number of esters is 2. The summed E-state index contributed by atoms with van der Waals surface area (Å²) in [7, 11) is 1.39. The van der Waals surface area contributed by atoms with E-state index in [0.717, 1.165) is 64.4 Å². The highest BCUT2D eigenvalue weighted by atomic mass is 16.7. The van der Waals surface area contributed by atoms with Gasteiger partial charge in [-0.15, -0.1) is 5.73 Å². The van der Waals surface area contributed by atoms with Crippen molar-refractivity contribution in [1.29, 1.82) is 0 Å². The molecule has 1 aliphatic carbocycles. The number of rotatable bonds is 16. The van der Waals surface area contributed by atoms with Crippen molar-refractivity contribution in [1.82, 2.24) is 0 Å². The Morgan fingerprint density at radius 3 is 2.37 bits per heavy atom. The fourth-order valence-corrected chi connectivity index (χ4v) is 6.31. The number of allylic oxidation sites excluding steroid dienone is 1. The minimum Gasteiger partial charge on any atom is -0.469 e. The number of carbonyl (C=O) groups excluding carboxylic acids is 2. The van der Waals surface area contributed by atoms with Gasteiger partial charge in [0.1, 0.15) is 6.10 Å². The van der Waals surface area contributed by atoms with Crippen LogP contribution in [0.15, 0.2) is 30.0 Å². The van der Waals surface area contributed by atoms with E-state index in [9.17, 15) is 9.59 Å². The molecule has 8 heteroatoms. The molecule has 2 unspecified atom stereocenters. The Bertz CT molecular complexity index is 924. The van der Waals surface area contributed by atoms with Gasteiger partial charge in [0.2, 0.25) is 0 Å². The van der Waals surface area contributed by atoms with Crippen molar-refractivity contribution in [3.8, 4) is 0 Å². The van der Waals surface area contributed by atoms with Crippen LogP contribution in [0.4, 0.5) is 0 Å². The van der Waals surface area contributed by atoms with Crippen LogP contribution in [0.2, 0.25) is 0 Å². The molecule has 2 heterocycles. The second-order valence-corrected chi connectivity index (χ2v) is 12.9. The second kappa shape index (κ2) is 18.8. The molecule has 0 aromatic carbocycles. The number of ether oxygens (including phenoxy) is 6. The molecule has 0 N–H and O–H groups in total. The summed E-state index contributed by atoms with van der Waals surface area (Å²) < 4.78 is 35.8. The monoisotopic (exact) mass is 604 g/mol. The first-order valence-electron chi connectivity index (χ1n) is 16.6. The van der Waals surface area contributed by atoms with E-state index in [1.165, 1.54) is 14.0 Å². The Morgan fingerprint density at radius 1 is 1.02 bits per heavy atom. The van der Waals surface area contributed by atoms with Gasteiger partial charge < -0.3 is 28.4 Å². The lowest BCUT2D eigenvalue weighted by Gasteiger charge is -2.36. The van der Waals surface area contributed by atoms with E-state index >= 15 is 0 Å². The topological polar surface area (TPSA) is 89.5 Å². The molecule has 3 aliphatic rings. The number of unbranched alkanes of at least 4 members (excludes halogenated alkanes) is 1. The first-order chi connectivity index (χ1) is 20.7. The number of hydrogen-bond donors (Lipinski definition) is 0. The molecule has 0 aromatic heterocycles. The van der Waals surface area contributed by atoms with Crippen molar-refractivity contribution in [3.63, 3.8) is 0 Å². The number of methoxy groups -OCH3 is 1. The van der Waals surface area contributed by atoms with Crippen LogP contribution in [-0.4, -0.2) is 63.2 Å². The van der Waals surface area contributed by atoms with Gasteiger partial charge in [0.25, 0.3) is 0 Å². The van der Waals surface area contributed by atoms with E-state index in [4.69, 9.17) is 28.4 Å². The number of carbonyl (C=O) groups is 2.